The van der Waals surface area contributed by atoms with Gasteiger partial charge in [-0.25, -0.2) is 0 Å². The molecule has 1 aliphatic heterocycles. The van der Waals surface area contributed by atoms with E-state index in [2.05, 4.69) is 5.32 Å². The van der Waals surface area contributed by atoms with Gasteiger partial charge in [0, 0.05) is 13.2 Å². The molecule has 25 heavy (non-hydrogen) atoms. The van der Waals surface area contributed by atoms with Gasteiger partial charge in [0.2, 0.25) is 0 Å². The molecule has 4 nitrogen and oxygen atoms in total. The predicted molar refractivity (Wildman–Crippen MR) is 97.5 cm³/mol. The standard InChI is InChI=1S/C21H20N2O2/c22-14-19(21(24)23-15-20-7-4-12-25-20)13-16-8-10-18(11-9-16)17-5-2-1-3-6-17/h1-3,5-6,8-11,13,20H,4,7,12,15H2,(H,23,24)/b19-13-. The number of hydrogen-bond donors (Lipinski definition) is 1. The Bertz CT molecular complexity index is 783. The number of nitrogens with one attached hydrogen (secondary N) is 1. The number of hydrogen-bond acceptors (Lipinski definition) is 3. The second-order valence-corrected chi connectivity index (χ2v) is 6.00. The van der Waals surface area contributed by atoms with Gasteiger partial charge in [-0.1, -0.05) is 54.6 Å². The minimum absolute atomic E-state index is 0.0639. The van der Waals surface area contributed by atoms with Gasteiger partial charge in [0.15, 0.2) is 0 Å². The van der Waals surface area contributed by atoms with Crippen LogP contribution in [0.1, 0.15) is 18.4 Å². The number of carbonyl (C=O) groups is 1. The zero-order chi connectivity index (χ0) is 17.5. The highest BCUT2D eigenvalue weighted by molar-refractivity contribution is 6.01. The number of ether oxygens (including phenoxy) is 1. The lowest BCUT2D eigenvalue weighted by molar-refractivity contribution is -0.117. The summed E-state index contributed by atoms with van der Waals surface area (Å²) >= 11 is 0. The van der Waals surface area contributed by atoms with E-state index in [9.17, 15) is 10.1 Å². The molecule has 0 aliphatic carbocycles. The maximum Gasteiger partial charge on any atom is 0.262 e. The summed E-state index contributed by atoms with van der Waals surface area (Å²) < 4.78 is 5.47. The minimum atomic E-state index is -0.356. The van der Waals surface area contributed by atoms with Crippen molar-refractivity contribution in [3.8, 4) is 17.2 Å². The molecule has 2 aromatic carbocycles. The van der Waals surface area contributed by atoms with Crippen LogP contribution in [0.25, 0.3) is 17.2 Å². The van der Waals surface area contributed by atoms with Crippen molar-refractivity contribution in [3.05, 3.63) is 65.7 Å². The fourth-order valence-corrected chi connectivity index (χ4v) is 2.82. The van der Waals surface area contributed by atoms with Gasteiger partial charge < -0.3 is 10.1 Å². The van der Waals surface area contributed by atoms with E-state index in [1.807, 2.05) is 60.7 Å². The largest absolute Gasteiger partial charge is 0.376 e. The highest BCUT2D eigenvalue weighted by atomic mass is 16.5. The molecule has 1 saturated heterocycles. The van der Waals surface area contributed by atoms with E-state index in [4.69, 9.17) is 4.74 Å². The zero-order valence-corrected chi connectivity index (χ0v) is 13.9. The van der Waals surface area contributed by atoms with Crippen molar-refractivity contribution in [1.29, 1.82) is 5.26 Å². The maximum absolute atomic E-state index is 12.2. The van der Waals surface area contributed by atoms with Crippen molar-refractivity contribution in [1.82, 2.24) is 5.32 Å². The molecule has 1 amide bonds. The van der Waals surface area contributed by atoms with Gasteiger partial charge in [-0.05, 0) is 35.6 Å². The van der Waals surface area contributed by atoms with E-state index < -0.39 is 0 Å². The van der Waals surface area contributed by atoms with Crippen molar-refractivity contribution in [3.63, 3.8) is 0 Å². The number of benzene rings is 2. The molecule has 1 atom stereocenters. The molecular formula is C21H20N2O2. The zero-order valence-electron chi connectivity index (χ0n) is 13.9. The minimum Gasteiger partial charge on any atom is -0.376 e. The van der Waals surface area contributed by atoms with Crippen LogP contribution < -0.4 is 5.32 Å². The Kier molecular flexibility index (Phi) is 5.61. The van der Waals surface area contributed by atoms with Gasteiger partial charge in [-0.2, -0.15) is 5.26 Å². The van der Waals surface area contributed by atoms with Gasteiger partial charge in [-0.15, -0.1) is 0 Å². The Hall–Kier alpha value is -2.90. The van der Waals surface area contributed by atoms with Crippen LogP contribution >= 0.6 is 0 Å². The topological polar surface area (TPSA) is 62.1 Å². The molecule has 2 aromatic rings. The summed E-state index contributed by atoms with van der Waals surface area (Å²) in [5.74, 6) is -0.356. The number of carbonyl (C=O) groups excluding carboxylic acids is 1. The number of nitriles is 1. The average Bonchev–Trinajstić information content (AvgIpc) is 3.19. The first-order chi connectivity index (χ1) is 12.3. The molecule has 1 N–H and O–H groups in total. The van der Waals surface area contributed by atoms with Crippen LogP contribution in [-0.2, 0) is 9.53 Å². The van der Waals surface area contributed by atoms with Crippen LogP contribution in [0.4, 0.5) is 0 Å². The lowest BCUT2D eigenvalue weighted by Crippen LogP contribution is -2.32. The van der Waals surface area contributed by atoms with Crippen molar-refractivity contribution in [2.24, 2.45) is 0 Å². The van der Waals surface area contributed by atoms with Crippen LogP contribution in [0.5, 0.6) is 0 Å². The first kappa shape index (κ1) is 16.9. The summed E-state index contributed by atoms with van der Waals surface area (Å²) in [6.45, 7) is 1.19. The lowest BCUT2D eigenvalue weighted by atomic mass is 10.0. The van der Waals surface area contributed by atoms with E-state index in [0.717, 1.165) is 36.1 Å². The molecule has 3 rings (SSSR count). The molecule has 1 heterocycles. The molecule has 0 bridgehead atoms. The monoisotopic (exact) mass is 332 g/mol. The maximum atomic E-state index is 12.2. The molecule has 1 fully saturated rings. The quantitative estimate of drug-likeness (QED) is 0.673. The molecule has 0 saturated carbocycles. The summed E-state index contributed by atoms with van der Waals surface area (Å²) in [6, 6.07) is 19.8. The molecule has 1 unspecified atom stereocenters. The number of amides is 1. The Morgan fingerprint density at radius 1 is 1.16 bits per heavy atom. The van der Waals surface area contributed by atoms with Gasteiger partial charge in [-0.3, -0.25) is 4.79 Å². The SMILES string of the molecule is N#C/C(=C/c1ccc(-c2ccccc2)cc1)C(=O)NCC1CCCO1. The highest BCUT2D eigenvalue weighted by Crippen LogP contribution is 2.20. The van der Waals surface area contributed by atoms with Crippen molar-refractivity contribution < 1.29 is 9.53 Å². The lowest BCUT2D eigenvalue weighted by Gasteiger charge is -2.10. The molecule has 1 aliphatic rings. The number of rotatable bonds is 5. The Morgan fingerprint density at radius 3 is 2.52 bits per heavy atom. The normalized spacial score (nSPS) is 17.1. The van der Waals surface area contributed by atoms with E-state index in [-0.39, 0.29) is 17.6 Å². The van der Waals surface area contributed by atoms with Crippen LogP contribution in [-0.4, -0.2) is 25.2 Å². The third-order valence-corrected chi connectivity index (χ3v) is 4.21. The third-order valence-electron chi connectivity index (χ3n) is 4.21. The van der Waals surface area contributed by atoms with Gasteiger partial charge in [0.05, 0.1) is 6.10 Å². The van der Waals surface area contributed by atoms with Crippen LogP contribution in [0.15, 0.2) is 60.2 Å². The molecule has 0 radical (unpaired) electrons. The molecule has 0 spiro atoms. The summed E-state index contributed by atoms with van der Waals surface area (Å²) in [7, 11) is 0. The molecule has 0 aromatic heterocycles. The van der Waals surface area contributed by atoms with Gasteiger partial charge in [0.25, 0.3) is 5.91 Å². The summed E-state index contributed by atoms with van der Waals surface area (Å²) in [5, 5.41) is 12.1. The van der Waals surface area contributed by atoms with Crippen LogP contribution in [0.2, 0.25) is 0 Å². The van der Waals surface area contributed by atoms with Crippen LogP contribution in [0, 0.1) is 11.3 Å². The Morgan fingerprint density at radius 2 is 1.88 bits per heavy atom. The van der Waals surface area contributed by atoms with Crippen LogP contribution in [0.3, 0.4) is 0 Å². The Balaban J connectivity index is 1.67. The van der Waals surface area contributed by atoms with Crippen molar-refractivity contribution >= 4 is 12.0 Å². The molecular weight excluding hydrogens is 312 g/mol. The first-order valence-electron chi connectivity index (χ1n) is 8.43. The van der Waals surface area contributed by atoms with E-state index in [1.54, 1.807) is 6.08 Å². The number of nitrogens with zero attached hydrogens (tertiary/aromatic N) is 1. The second kappa shape index (κ2) is 8.27. The fraction of sp³-hybridized carbons (Fsp3) is 0.238. The van der Waals surface area contributed by atoms with Crippen molar-refractivity contribution in [2.75, 3.05) is 13.2 Å². The molecule has 4 heteroatoms. The van der Waals surface area contributed by atoms with E-state index in [0.29, 0.717) is 6.54 Å². The first-order valence-corrected chi connectivity index (χ1v) is 8.43. The highest BCUT2D eigenvalue weighted by Gasteiger charge is 2.17. The summed E-state index contributed by atoms with van der Waals surface area (Å²) in [6.07, 6.45) is 3.65. The van der Waals surface area contributed by atoms with E-state index >= 15 is 0 Å². The van der Waals surface area contributed by atoms with E-state index in [1.165, 1.54) is 0 Å². The fourth-order valence-electron chi connectivity index (χ4n) is 2.82. The Labute approximate surface area is 147 Å². The smallest absolute Gasteiger partial charge is 0.262 e. The van der Waals surface area contributed by atoms with Crippen molar-refractivity contribution in [2.45, 2.75) is 18.9 Å². The summed E-state index contributed by atoms with van der Waals surface area (Å²) in [4.78, 5) is 12.2. The molecule has 126 valence electrons. The third kappa shape index (κ3) is 4.56. The summed E-state index contributed by atoms with van der Waals surface area (Å²) in [5.41, 5.74) is 3.15. The second-order valence-electron chi connectivity index (χ2n) is 6.00. The predicted octanol–water partition coefficient (Wildman–Crippen LogP) is 3.56. The average molecular weight is 332 g/mol. The van der Waals surface area contributed by atoms with Gasteiger partial charge in [0.1, 0.15) is 11.6 Å². The van der Waals surface area contributed by atoms with Gasteiger partial charge >= 0.3 is 0 Å².